The van der Waals surface area contributed by atoms with E-state index >= 15 is 0 Å². The zero-order chi connectivity index (χ0) is 19.4. The number of benzene rings is 1. The van der Waals surface area contributed by atoms with Crippen LogP contribution in [0.1, 0.15) is 42.5 Å². The Labute approximate surface area is 162 Å². The van der Waals surface area contributed by atoms with Crippen LogP contribution in [-0.2, 0) is 14.3 Å². The number of ether oxygens (including phenoxy) is 2. The minimum Gasteiger partial charge on any atom is -0.496 e. The molecule has 2 amide bonds. The lowest BCUT2D eigenvalue weighted by molar-refractivity contribution is -0.150. The van der Waals surface area contributed by atoms with Gasteiger partial charge in [-0.1, -0.05) is 18.0 Å². The van der Waals surface area contributed by atoms with Gasteiger partial charge in [0.05, 0.1) is 12.7 Å². The third-order valence-electron chi connectivity index (χ3n) is 5.40. The van der Waals surface area contributed by atoms with Crippen LogP contribution in [0.5, 0.6) is 5.75 Å². The van der Waals surface area contributed by atoms with E-state index in [2.05, 4.69) is 10.9 Å². The monoisotopic (exact) mass is 394 g/mol. The summed E-state index contributed by atoms with van der Waals surface area (Å²) < 4.78 is 10.1. The summed E-state index contributed by atoms with van der Waals surface area (Å²) in [6.45, 7) is -0.438. The molecule has 8 heteroatoms. The predicted molar refractivity (Wildman–Crippen MR) is 98.1 cm³/mol. The maximum absolute atomic E-state index is 12.2. The number of carbonyl (C=O) groups is 3. The molecule has 0 radical (unpaired) electrons. The molecule has 2 bridgehead atoms. The van der Waals surface area contributed by atoms with Crippen molar-refractivity contribution in [3.8, 4) is 5.75 Å². The highest BCUT2D eigenvalue weighted by atomic mass is 35.5. The molecule has 0 aliphatic heterocycles. The van der Waals surface area contributed by atoms with E-state index in [9.17, 15) is 14.4 Å². The fourth-order valence-electron chi connectivity index (χ4n) is 4.13. The zero-order valence-corrected chi connectivity index (χ0v) is 15.9. The molecule has 0 unspecified atom stereocenters. The number of hydrogen-bond acceptors (Lipinski definition) is 5. The van der Waals surface area contributed by atoms with Crippen LogP contribution in [0.15, 0.2) is 18.2 Å². The van der Waals surface area contributed by atoms with Crippen LogP contribution in [0.25, 0.3) is 0 Å². The van der Waals surface area contributed by atoms with Crippen molar-refractivity contribution < 1.29 is 23.9 Å². The number of halogens is 1. The summed E-state index contributed by atoms with van der Waals surface area (Å²) in [5, 5.41) is 0.363. The van der Waals surface area contributed by atoms with E-state index < -0.39 is 18.4 Å². The SMILES string of the molecule is COc1ccc(Cl)cc1C(=O)NNC(=O)COC(=O)C[C@H]1C[C@H]2CC[C@@H]1C2. The molecule has 27 heavy (non-hydrogen) atoms. The van der Waals surface area contributed by atoms with Crippen molar-refractivity contribution >= 4 is 29.4 Å². The normalized spacial score (nSPS) is 23.0. The minimum atomic E-state index is -0.620. The Kier molecular flexibility index (Phi) is 6.21. The molecule has 0 aromatic heterocycles. The third-order valence-corrected chi connectivity index (χ3v) is 5.63. The van der Waals surface area contributed by atoms with Crippen molar-refractivity contribution in [1.29, 1.82) is 0 Å². The number of hydrazine groups is 1. The lowest BCUT2D eigenvalue weighted by Gasteiger charge is -2.20. The zero-order valence-electron chi connectivity index (χ0n) is 15.1. The van der Waals surface area contributed by atoms with E-state index in [1.54, 1.807) is 12.1 Å². The molecule has 0 heterocycles. The summed E-state index contributed by atoms with van der Waals surface area (Å²) in [5.41, 5.74) is 4.64. The van der Waals surface area contributed by atoms with Crippen molar-refractivity contribution in [1.82, 2.24) is 10.9 Å². The first-order valence-corrected chi connectivity index (χ1v) is 9.42. The molecule has 3 atom stereocenters. The lowest BCUT2D eigenvalue weighted by atomic mass is 9.86. The molecule has 1 aromatic rings. The summed E-state index contributed by atoms with van der Waals surface area (Å²) in [6.07, 6.45) is 5.14. The number of nitrogens with one attached hydrogen (secondary N) is 2. The molecule has 146 valence electrons. The van der Waals surface area contributed by atoms with Crippen LogP contribution in [0, 0.1) is 17.8 Å². The quantitative estimate of drug-likeness (QED) is 0.571. The highest BCUT2D eigenvalue weighted by Gasteiger charge is 2.40. The van der Waals surface area contributed by atoms with Gasteiger partial charge in [0.2, 0.25) is 0 Å². The van der Waals surface area contributed by atoms with Gasteiger partial charge in [-0.15, -0.1) is 0 Å². The van der Waals surface area contributed by atoms with Gasteiger partial charge in [0.15, 0.2) is 6.61 Å². The predicted octanol–water partition coefficient (Wildman–Crippen LogP) is 2.48. The van der Waals surface area contributed by atoms with Crippen LogP contribution >= 0.6 is 11.6 Å². The average Bonchev–Trinajstić information content (AvgIpc) is 3.27. The maximum atomic E-state index is 12.2. The van der Waals surface area contributed by atoms with Crippen molar-refractivity contribution in [3.63, 3.8) is 0 Å². The van der Waals surface area contributed by atoms with Gasteiger partial charge in [-0.05, 0) is 55.2 Å². The summed E-state index contributed by atoms with van der Waals surface area (Å²) in [6, 6.07) is 4.57. The van der Waals surface area contributed by atoms with E-state index in [0.717, 1.165) is 12.3 Å². The summed E-state index contributed by atoms with van der Waals surface area (Å²) in [4.78, 5) is 35.9. The van der Waals surface area contributed by atoms with Gasteiger partial charge in [-0.25, -0.2) is 0 Å². The Morgan fingerprint density at radius 1 is 1.19 bits per heavy atom. The van der Waals surface area contributed by atoms with Crippen LogP contribution in [0.4, 0.5) is 0 Å². The fraction of sp³-hybridized carbons (Fsp3) is 0.526. The highest BCUT2D eigenvalue weighted by molar-refractivity contribution is 6.31. The molecule has 2 N–H and O–H groups in total. The van der Waals surface area contributed by atoms with Gasteiger partial charge in [0.25, 0.3) is 11.8 Å². The minimum absolute atomic E-state index is 0.179. The molecule has 2 aliphatic carbocycles. The number of hydrogen-bond donors (Lipinski definition) is 2. The summed E-state index contributed by atoms with van der Waals surface area (Å²) in [5.74, 6) is 0.517. The molecular weight excluding hydrogens is 372 g/mol. The molecule has 2 saturated carbocycles. The first-order chi connectivity index (χ1) is 13.0. The van der Waals surface area contributed by atoms with Crippen molar-refractivity contribution in [2.75, 3.05) is 13.7 Å². The van der Waals surface area contributed by atoms with Gasteiger partial charge in [0.1, 0.15) is 5.75 Å². The second kappa shape index (κ2) is 8.61. The van der Waals surface area contributed by atoms with Gasteiger partial charge in [0, 0.05) is 11.4 Å². The van der Waals surface area contributed by atoms with Crippen molar-refractivity contribution in [2.45, 2.75) is 32.1 Å². The smallest absolute Gasteiger partial charge is 0.306 e. The van der Waals surface area contributed by atoms with Crippen LogP contribution < -0.4 is 15.6 Å². The topological polar surface area (TPSA) is 93.7 Å². The molecule has 2 aliphatic rings. The molecular formula is C19H23ClN2O5. The van der Waals surface area contributed by atoms with Crippen LogP contribution in [0.3, 0.4) is 0 Å². The fourth-order valence-corrected chi connectivity index (χ4v) is 4.31. The van der Waals surface area contributed by atoms with Crippen molar-refractivity contribution in [2.24, 2.45) is 17.8 Å². The molecule has 0 spiro atoms. The van der Waals surface area contributed by atoms with E-state index in [4.69, 9.17) is 21.1 Å². The second-order valence-corrected chi connectivity index (χ2v) is 7.58. The molecule has 1 aromatic carbocycles. The Balaban J connectivity index is 1.40. The van der Waals surface area contributed by atoms with Crippen LogP contribution in [0.2, 0.25) is 5.02 Å². The van der Waals surface area contributed by atoms with Crippen molar-refractivity contribution in [3.05, 3.63) is 28.8 Å². The van der Waals surface area contributed by atoms with E-state index in [0.29, 0.717) is 29.0 Å². The molecule has 0 saturated heterocycles. The largest absolute Gasteiger partial charge is 0.496 e. The molecule has 2 fully saturated rings. The maximum Gasteiger partial charge on any atom is 0.306 e. The van der Waals surface area contributed by atoms with Gasteiger partial charge in [-0.3, -0.25) is 25.2 Å². The number of methoxy groups -OCH3 is 1. The molecule has 7 nitrogen and oxygen atoms in total. The van der Waals surface area contributed by atoms with Crippen LogP contribution in [-0.4, -0.2) is 31.5 Å². The summed E-state index contributed by atoms with van der Waals surface area (Å²) in [7, 11) is 1.42. The average molecular weight is 395 g/mol. The van der Waals surface area contributed by atoms with E-state index in [1.165, 1.54) is 32.4 Å². The lowest BCUT2D eigenvalue weighted by Crippen LogP contribution is -2.43. The number of esters is 1. The second-order valence-electron chi connectivity index (χ2n) is 7.15. The Bertz CT molecular complexity index is 739. The number of amides is 2. The van der Waals surface area contributed by atoms with E-state index in [-0.39, 0.29) is 11.5 Å². The standard InChI is InChI=1S/C19H23ClN2O5/c1-26-16-5-4-14(20)9-15(16)19(25)22-21-17(23)10-27-18(24)8-13-7-11-2-3-12(13)6-11/h4-5,9,11-13H,2-3,6-8,10H2,1H3,(H,21,23)(H,22,25)/t11-,12+,13+/m0/s1. The third kappa shape index (κ3) is 4.91. The summed E-state index contributed by atoms with van der Waals surface area (Å²) >= 11 is 5.88. The molecule has 3 rings (SSSR count). The number of fused-ring (bicyclic) bond motifs is 2. The first kappa shape index (κ1) is 19.5. The number of rotatable bonds is 6. The van der Waals surface area contributed by atoms with Gasteiger partial charge < -0.3 is 9.47 Å². The first-order valence-electron chi connectivity index (χ1n) is 9.04. The highest BCUT2D eigenvalue weighted by Crippen LogP contribution is 2.49. The number of carbonyl (C=O) groups excluding carboxylic acids is 3. The van der Waals surface area contributed by atoms with Gasteiger partial charge >= 0.3 is 5.97 Å². The Morgan fingerprint density at radius 2 is 2.00 bits per heavy atom. The van der Waals surface area contributed by atoms with E-state index in [1.807, 2.05) is 0 Å². The Morgan fingerprint density at radius 3 is 2.67 bits per heavy atom. The van der Waals surface area contributed by atoms with Gasteiger partial charge in [-0.2, -0.15) is 0 Å². The Hall–Kier alpha value is -2.28.